The van der Waals surface area contributed by atoms with Crippen LogP contribution in [0.4, 0.5) is 5.69 Å². The van der Waals surface area contributed by atoms with Crippen LogP contribution in [0.1, 0.15) is 13.3 Å². The molecule has 1 rings (SSSR count). The van der Waals surface area contributed by atoms with Gasteiger partial charge in [0, 0.05) is 11.8 Å². The average Bonchev–Trinajstić information content (AvgIpc) is 2.28. The Hall–Kier alpha value is -1.23. The average molecular weight is 288 g/mol. The quantitative estimate of drug-likeness (QED) is 0.837. The van der Waals surface area contributed by atoms with E-state index in [1.807, 2.05) is 6.92 Å². The summed E-state index contributed by atoms with van der Waals surface area (Å²) in [6.45, 7) is 1.91. The molecule has 0 aliphatic rings. The molecule has 0 saturated carbocycles. The van der Waals surface area contributed by atoms with Crippen LogP contribution in [0, 0.1) is 0 Å². The zero-order valence-electron chi connectivity index (χ0n) is 9.16. The Balaban J connectivity index is 2.75. The van der Waals surface area contributed by atoms with Crippen LogP contribution in [0.15, 0.2) is 18.2 Å². The number of hydrogen-bond donors (Lipinski definition) is 2. The maximum absolute atomic E-state index is 11.5. The van der Waals surface area contributed by atoms with Crippen molar-refractivity contribution in [2.75, 3.05) is 12.4 Å². The fourth-order valence-electron chi connectivity index (χ4n) is 1.17. The van der Waals surface area contributed by atoms with E-state index < -0.39 is 0 Å². The molecule has 0 aliphatic carbocycles. The van der Waals surface area contributed by atoms with Gasteiger partial charge in [0.2, 0.25) is 5.91 Å². The van der Waals surface area contributed by atoms with Gasteiger partial charge in [-0.15, -0.1) is 0 Å². The molecule has 16 heavy (non-hydrogen) atoms. The van der Waals surface area contributed by atoms with Crippen LogP contribution < -0.4 is 10.1 Å². The highest BCUT2D eigenvalue weighted by atomic mass is 79.9. The summed E-state index contributed by atoms with van der Waals surface area (Å²) in [4.78, 5) is 11.3. The van der Waals surface area contributed by atoms with Crippen LogP contribution in [0.25, 0.3) is 0 Å². The first-order chi connectivity index (χ1) is 7.58. The summed E-state index contributed by atoms with van der Waals surface area (Å²) in [7, 11) is 1.47. The fraction of sp³-hybridized carbons (Fsp3) is 0.364. The van der Waals surface area contributed by atoms with E-state index in [9.17, 15) is 9.90 Å². The molecule has 0 saturated heterocycles. The molecule has 4 nitrogen and oxygen atoms in total. The van der Waals surface area contributed by atoms with Crippen molar-refractivity contribution in [2.45, 2.75) is 18.2 Å². The largest absolute Gasteiger partial charge is 0.504 e. The van der Waals surface area contributed by atoms with Crippen molar-refractivity contribution < 1.29 is 14.6 Å². The monoisotopic (exact) mass is 287 g/mol. The van der Waals surface area contributed by atoms with Gasteiger partial charge in [-0.2, -0.15) is 0 Å². The molecular formula is C11H14BrNO3. The Labute approximate surface area is 103 Å². The van der Waals surface area contributed by atoms with Gasteiger partial charge in [-0.3, -0.25) is 4.79 Å². The number of halogens is 1. The highest BCUT2D eigenvalue weighted by Gasteiger charge is 2.13. The molecule has 0 radical (unpaired) electrons. The summed E-state index contributed by atoms with van der Waals surface area (Å²) in [6.07, 6.45) is 0.702. The molecule has 0 fully saturated rings. The number of benzene rings is 1. The van der Waals surface area contributed by atoms with Crippen LogP contribution in [-0.2, 0) is 4.79 Å². The highest BCUT2D eigenvalue weighted by molar-refractivity contribution is 9.10. The Morgan fingerprint density at radius 2 is 2.31 bits per heavy atom. The summed E-state index contributed by atoms with van der Waals surface area (Å²) < 4.78 is 4.90. The van der Waals surface area contributed by atoms with Crippen LogP contribution in [-0.4, -0.2) is 23.0 Å². The van der Waals surface area contributed by atoms with E-state index >= 15 is 0 Å². The topological polar surface area (TPSA) is 58.6 Å². The SMILES string of the molecule is CCC(Br)C(=O)Nc1ccc(OC)c(O)c1. The van der Waals surface area contributed by atoms with Gasteiger partial charge in [0.25, 0.3) is 0 Å². The molecule has 1 aromatic carbocycles. The van der Waals surface area contributed by atoms with Crippen molar-refractivity contribution in [3.8, 4) is 11.5 Å². The summed E-state index contributed by atoms with van der Waals surface area (Å²) in [6, 6.07) is 4.72. The van der Waals surface area contributed by atoms with Crippen molar-refractivity contribution in [1.29, 1.82) is 0 Å². The standard InChI is InChI=1S/C11H14BrNO3/c1-3-8(12)11(15)13-7-4-5-10(16-2)9(14)6-7/h4-6,8,14H,3H2,1-2H3,(H,13,15). The van der Waals surface area contributed by atoms with Gasteiger partial charge in [0.05, 0.1) is 11.9 Å². The first-order valence-corrected chi connectivity index (χ1v) is 5.82. The third-order valence-electron chi connectivity index (χ3n) is 2.09. The molecule has 1 aromatic rings. The zero-order valence-corrected chi connectivity index (χ0v) is 10.7. The maximum atomic E-state index is 11.5. The molecule has 88 valence electrons. The van der Waals surface area contributed by atoms with Crippen molar-refractivity contribution in [2.24, 2.45) is 0 Å². The number of phenolic OH excluding ortho intramolecular Hbond substituents is 1. The predicted octanol–water partition coefficient (Wildman–Crippen LogP) is 2.51. The Bertz CT molecular complexity index is 381. The number of anilines is 1. The fourth-order valence-corrected chi connectivity index (χ4v) is 1.29. The smallest absolute Gasteiger partial charge is 0.238 e. The van der Waals surface area contributed by atoms with Gasteiger partial charge >= 0.3 is 0 Å². The zero-order chi connectivity index (χ0) is 12.1. The van der Waals surface area contributed by atoms with E-state index in [1.165, 1.54) is 13.2 Å². The molecule has 1 amide bonds. The molecule has 1 unspecified atom stereocenters. The lowest BCUT2D eigenvalue weighted by Gasteiger charge is -2.10. The highest BCUT2D eigenvalue weighted by Crippen LogP contribution is 2.28. The summed E-state index contributed by atoms with van der Waals surface area (Å²) in [5.74, 6) is 0.249. The minimum Gasteiger partial charge on any atom is -0.504 e. The van der Waals surface area contributed by atoms with Gasteiger partial charge in [0.1, 0.15) is 0 Å². The van der Waals surface area contributed by atoms with E-state index in [-0.39, 0.29) is 16.5 Å². The Kier molecular flexibility index (Phi) is 4.61. The number of phenols is 1. The number of alkyl halides is 1. The molecule has 0 heterocycles. The van der Waals surface area contributed by atoms with Crippen molar-refractivity contribution in [1.82, 2.24) is 0 Å². The van der Waals surface area contributed by atoms with Crippen molar-refractivity contribution >= 4 is 27.5 Å². The van der Waals surface area contributed by atoms with E-state index in [0.717, 1.165) is 0 Å². The number of aromatic hydroxyl groups is 1. The first-order valence-electron chi connectivity index (χ1n) is 4.90. The summed E-state index contributed by atoms with van der Waals surface area (Å²) in [5, 5.41) is 12.2. The van der Waals surface area contributed by atoms with E-state index in [4.69, 9.17) is 4.74 Å². The molecule has 0 aliphatic heterocycles. The van der Waals surface area contributed by atoms with Crippen LogP contribution in [0.3, 0.4) is 0 Å². The molecule has 1 atom stereocenters. The minimum atomic E-state index is -0.225. The molecular weight excluding hydrogens is 274 g/mol. The third-order valence-corrected chi connectivity index (χ3v) is 3.15. The number of nitrogens with one attached hydrogen (secondary N) is 1. The molecule has 0 spiro atoms. The predicted molar refractivity (Wildman–Crippen MR) is 66.3 cm³/mol. The van der Waals surface area contributed by atoms with Crippen LogP contribution in [0.2, 0.25) is 0 Å². The number of rotatable bonds is 4. The molecule has 2 N–H and O–H groups in total. The van der Waals surface area contributed by atoms with Gasteiger partial charge in [-0.25, -0.2) is 0 Å². The summed E-state index contributed by atoms with van der Waals surface area (Å²) >= 11 is 3.25. The lowest BCUT2D eigenvalue weighted by molar-refractivity contribution is -0.115. The number of methoxy groups -OCH3 is 1. The normalized spacial score (nSPS) is 11.9. The number of amides is 1. The minimum absolute atomic E-state index is 0.00270. The number of carbonyl (C=O) groups excluding carboxylic acids is 1. The van der Waals surface area contributed by atoms with Gasteiger partial charge < -0.3 is 15.2 Å². The van der Waals surface area contributed by atoms with Crippen molar-refractivity contribution in [3.63, 3.8) is 0 Å². The second-order valence-corrected chi connectivity index (χ2v) is 4.36. The van der Waals surface area contributed by atoms with E-state index in [0.29, 0.717) is 17.9 Å². The first kappa shape index (κ1) is 12.8. The Morgan fingerprint density at radius 3 is 2.81 bits per heavy atom. The lowest BCUT2D eigenvalue weighted by Crippen LogP contribution is -2.21. The van der Waals surface area contributed by atoms with Crippen LogP contribution in [0.5, 0.6) is 11.5 Å². The second kappa shape index (κ2) is 5.75. The molecule has 0 bridgehead atoms. The van der Waals surface area contributed by atoms with E-state index in [1.54, 1.807) is 12.1 Å². The van der Waals surface area contributed by atoms with E-state index in [2.05, 4.69) is 21.2 Å². The molecule has 0 aromatic heterocycles. The summed E-state index contributed by atoms with van der Waals surface area (Å²) in [5.41, 5.74) is 0.543. The number of ether oxygens (including phenoxy) is 1. The Morgan fingerprint density at radius 1 is 1.62 bits per heavy atom. The maximum Gasteiger partial charge on any atom is 0.238 e. The van der Waals surface area contributed by atoms with Gasteiger partial charge in [0.15, 0.2) is 11.5 Å². The van der Waals surface area contributed by atoms with Gasteiger partial charge in [-0.05, 0) is 18.6 Å². The molecule has 5 heteroatoms. The lowest BCUT2D eigenvalue weighted by atomic mass is 10.2. The number of carbonyl (C=O) groups is 1. The third kappa shape index (κ3) is 3.13. The van der Waals surface area contributed by atoms with Crippen LogP contribution >= 0.6 is 15.9 Å². The van der Waals surface area contributed by atoms with Gasteiger partial charge in [-0.1, -0.05) is 22.9 Å². The van der Waals surface area contributed by atoms with Crippen molar-refractivity contribution in [3.05, 3.63) is 18.2 Å². The number of hydrogen-bond acceptors (Lipinski definition) is 3. The second-order valence-electron chi connectivity index (χ2n) is 3.25.